The minimum Gasteiger partial charge on any atom is -0.394 e. The molecule has 1 amide bonds. The minimum atomic E-state index is -1.98. The minimum absolute atomic E-state index is 0.243. The van der Waals surface area contributed by atoms with Gasteiger partial charge in [0.2, 0.25) is 5.91 Å². The lowest BCUT2D eigenvalue weighted by Crippen LogP contribution is -2.66. The van der Waals surface area contributed by atoms with Crippen molar-refractivity contribution in [3.05, 3.63) is 85.1 Å². The summed E-state index contributed by atoms with van der Waals surface area (Å²) in [5, 5.41) is 121. The van der Waals surface area contributed by atoms with Crippen LogP contribution in [0.4, 0.5) is 0 Å². The molecule has 3 saturated heterocycles. The van der Waals surface area contributed by atoms with E-state index in [1.165, 1.54) is 199 Å². The van der Waals surface area contributed by atoms with E-state index in [1.54, 1.807) is 6.08 Å². The summed E-state index contributed by atoms with van der Waals surface area (Å²) in [5.41, 5.74) is 0. The molecule has 0 aliphatic carbocycles. The molecule has 0 spiro atoms. The molecule has 0 radical (unpaired) electrons. The molecule has 3 heterocycles. The zero-order chi connectivity index (χ0) is 74.6. The third-order valence-electron chi connectivity index (χ3n) is 20.2. The van der Waals surface area contributed by atoms with E-state index in [4.69, 9.17) is 28.4 Å². The van der Waals surface area contributed by atoms with Gasteiger partial charge in [-0.2, -0.15) is 0 Å². The predicted molar refractivity (Wildman–Crippen MR) is 411 cm³/mol. The Morgan fingerprint density at radius 1 is 0.359 bits per heavy atom. The van der Waals surface area contributed by atoms with Crippen LogP contribution in [0.1, 0.15) is 309 Å². The Labute approximate surface area is 622 Å². The fourth-order valence-electron chi connectivity index (χ4n) is 13.6. The number of hydrogen-bond donors (Lipinski definition) is 12. The van der Waals surface area contributed by atoms with E-state index >= 15 is 0 Å². The number of amides is 1. The standard InChI is InChI=1S/C84H149NO18/c1-3-5-7-9-11-13-15-17-19-21-23-25-26-27-28-29-30-31-32-33-34-35-36-37-38-39-40-42-44-46-48-50-52-54-56-58-60-62-72(90)85-67(68(89)61-59-57-55-53-51-49-47-45-43-41-24-22-20-18-16-14-12-10-8-6-4-2)66-98-82-78(96)75(93)80(70(64-87)100-82)103-84-79(97)76(94)81(71(65-88)101-84)102-83-77(95)74(92)73(91)69(63-86)99-83/h5,7,11,13,17,19,23,25,27-28,30-31,59,61,67-71,73-84,86-89,91-97H,3-4,6,8-10,12,14-16,18,20-22,24,26,29,32-58,60,62-66H2,1-2H3,(H,85,90)/b7-5-,13-11-,19-17-,25-23-,28-27-,31-30-,61-59+. The van der Waals surface area contributed by atoms with E-state index < -0.39 is 124 Å². The van der Waals surface area contributed by atoms with Crippen LogP contribution >= 0.6 is 0 Å². The van der Waals surface area contributed by atoms with E-state index in [-0.39, 0.29) is 18.9 Å². The largest absolute Gasteiger partial charge is 0.394 e. The first-order chi connectivity index (χ1) is 50.3. The van der Waals surface area contributed by atoms with Crippen molar-refractivity contribution in [3.63, 3.8) is 0 Å². The van der Waals surface area contributed by atoms with Gasteiger partial charge in [0.25, 0.3) is 0 Å². The molecule has 0 aromatic carbocycles. The highest BCUT2D eigenvalue weighted by Crippen LogP contribution is 2.33. The number of carbonyl (C=O) groups excluding carboxylic acids is 1. The number of allylic oxidation sites excluding steroid dienone is 13. The Morgan fingerprint density at radius 3 is 1.05 bits per heavy atom. The van der Waals surface area contributed by atoms with E-state index in [0.29, 0.717) is 6.42 Å². The molecule has 19 nitrogen and oxygen atoms in total. The van der Waals surface area contributed by atoms with Crippen molar-refractivity contribution in [2.45, 2.75) is 413 Å². The number of aliphatic hydroxyl groups excluding tert-OH is 11. The number of rotatable bonds is 65. The molecule has 598 valence electrons. The SMILES string of the molecule is CC/C=C\C/C=C\C/C=C\C/C=C\C/C=C\C/C=C\CCCCCCCCCCCCCCCCCCCCC(=O)NC(COC1OC(CO)C(OC2OC(CO)C(OC3OC(CO)C(O)C(O)C3O)C(O)C2O)C(O)C1O)C(O)/C=C/CCCCCCCCCCCCCCCCCCCCC. The van der Waals surface area contributed by atoms with Crippen molar-refractivity contribution in [3.8, 4) is 0 Å². The Balaban J connectivity index is 1.34. The van der Waals surface area contributed by atoms with Crippen LogP contribution in [0, 0.1) is 0 Å². The zero-order valence-electron chi connectivity index (χ0n) is 64.0. The lowest BCUT2D eigenvalue weighted by Gasteiger charge is -2.48. The molecule has 0 aromatic rings. The Kier molecular flexibility index (Phi) is 58.4. The van der Waals surface area contributed by atoms with Gasteiger partial charge in [-0.05, 0) is 70.6 Å². The van der Waals surface area contributed by atoms with Gasteiger partial charge in [0, 0.05) is 6.42 Å². The lowest BCUT2D eigenvalue weighted by molar-refractivity contribution is -0.379. The molecule has 3 fully saturated rings. The second-order valence-electron chi connectivity index (χ2n) is 29.2. The first-order valence-corrected chi connectivity index (χ1v) is 41.3. The molecule has 3 aliphatic heterocycles. The molecule has 3 aliphatic rings. The third-order valence-corrected chi connectivity index (χ3v) is 20.2. The summed E-state index contributed by atoms with van der Waals surface area (Å²) >= 11 is 0. The van der Waals surface area contributed by atoms with Crippen LogP contribution in [0.3, 0.4) is 0 Å². The van der Waals surface area contributed by atoms with Crippen molar-refractivity contribution < 1.29 is 89.4 Å². The lowest BCUT2D eigenvalue weighted by atomic mass is 9.96. The predicted octanol–water partition coefficient (Wildman–Crippen LogP) is 14.2. The van der Waals surface area contributed by atoms with Crippen molar-refractivity contribution in [2.75, 3.05) is 26.4 Å². The molecule has 17 unspecified atom stereocenters. The maximum absolute atomic E-state index is 13.5. The van der Waals surface area contributed by atoms with Crippen LogP contribution in [0.25, 0.3) is 0 Å². The average Bonchev–Trinajstić information content (AvgIpc) is 0.781. The highest BCUT2D eigenvalue weighted by atomic mass is 16.8. The summed E-state index contributed by atoms with van der Waals surface area (Å²) in [6.07, 6.45) is 58.5. The number of unbranched alkanes of at least 4 members (excludes halogenated alkanes) is 37. The fourth-order valence-corrected chi connectivity index (χ4v) is 13.6. The van der Waals surface area contributed by atoms with E-state index in [9.17, 15) is 61.0 Å². The van der Waals surface area contributed by atoms with Gasteiger partial charge >= 0.3 is 0 Å². The molecule has 19 heteroatoms. The first kappa shape index (κ1) is 94.2. The van der Waals surface area contributed by atoms with Crippen molar-refractivity contribution in [2.24, 2.45) is 0 Å². The number of nitrogens with one attached hydrogen (secondary N) is 1. The van der Waals surface area contributed by atoms with E-state index in [0.717, 1.165) is 83.5 Å². The first-order valence-electron chi connectivity index (χ1n) is 41.3. The van der Waals surface area contributed by atoms with Crippen molar-refractivity contribution >= 4 is 5.91 Å². The van der Waals surface area contributed by atoms with Gasteiger partial charge < -0.3 is 89.9 Å². The molecular formula is C84H149NO18. The maximum Gasteiger partial charge on any atom is 0.220 e. The van der Waals surface area contributed by atoms with Crippen molar-refractivity contribution in [1.82, 2.24) is 5.32 Å². The summed E-state index contributed by atoms with van der Waals surface area (Å²) in [5.74, 6) is -0.273. The summed E-state index contributed by atoms with van der Waals surface area (Å²) in [6.45, 7) is 1.65. The molecule has 0 bridgehead atoms. The van der Waals surface area contributed by atoms with Crippen LogP contribution in [-0.4, -0.2) is 193 Å². The summed E-state index contributed by atoms with van der Waals surface area (Å²) < 4.78 is 34.5. The monoisotopic (exact) mass is 1460 g/mol. The topological polar surface area (TPSA) is 307 Å². The Morgan fingerprint density at radius 2 is 0.670 bits per heavy atom. The summed E-state index contributed by atoms with van der Waals surface area (Å²) in [4.78, 5) is 13.5. The molecule has 17 atom stereocenters. The van der Waals surface area contributed by atoms with E-state index in [2.05, 4.69) is 92.1 Å². The summed E-state index contributed by atoms with van der Waals surface area (Å²) in [6, 6.07) is -0.977. The number of aliphatic hydroxyl groups is 11. The van der Waals surface area contributed by atoms with Crippen LogP contribution < -0.4 is 5.32 Å². The van der Waals surface area contributed by atoms with Gasteiger partial charge in [0.05, 0.1) is 38.6 Å². The van der Waals surface area contributed by atoms with Crippen LogP contribution in [0.15, 0.2) is 85.1 Å². The van der Waals surface area contributed by atoms with Gasteiger partial charge in [0.15, 0.2) is 18.9 Å². The molecular weight excluding hydrogens is 1310 g/mol. The van der Waals surface area contributed by atoms with Crippen molar-refractivity contribution in [1.29, 1.82) is 0 Å². The highest BCUT2D eigenvalue weighted by molar-refractivity contribution is 5.76. The second-order valence-corrected chi connectivity index (χ2v) is 29.2. The zero-order valence-corrected chi connectivity index (χ0v) is 64.0. The van der Waals surface area contributed by atoms with Gasteiger partial charge in [-0.25, -0.2) is 0 Å². The number of carbonyl (C=O) groups is 1. The Bertz CT molecular complexity index is 2190. The highest BCUT2D eigenvalue weighted by Gasteiger charge is 2.54. The summed E-state index contributed by atoms with van der Waals surface area (Å²) in [7, 11) is 0. The second kappa shape index (κ2) is 63.9. The normalized spacial score (nSPS) is 26.5. The van der Waals surface area contributed by atoms with Crippen LogP contribution in [0.2, 0.25) is 0 Å². The van der Waals surface area contributed by atoms with Crippen LogP contribution in [-0.2, 0) is 33.2 Å². The Hall–Kier alpha value is -3.03. The number of hydrogen-bond acceptors (Lipinski definition) is 18. The molecule has 103 heavy (non-hydrogen) atoms. The van der Waals surface area contributed by atoms with Crippen LogP contribution in [0.5, 0.6) is 0 Å². The van der Waals surface area contributed by atoms with Gasteiger partial charge in [-0.1, -0.05) is 317 Å². The molecule has 3 rings (SSSR count). The number of ether oxygens (including phenoxy) is 6. The quantitative estimate of drug-likeness (QED) is 0.0199. The maximum atomic E-state index is 13.5. The van der Waals surface area contributed by atoms with Gasteiger partial charge in [-0.3, -0.25) is 4.79 Å². The molecule has 0 aromatic heterocycles. The fraction of sp³-hybridized carbons (Fsp3) is 0.821. The van der Waals surface area contributed by atoms with E-state index in [1.807, 2.05) is 6.08 Å². The smallest absolute Gasteiger partial charge is 0.220 e. The van der Waals surface area contributed by atoms with Gasteiger partial charge in [0.1, 0.15) is 73.2 Å². The average molecular weight is 1460 g/mol. The molecule has 0 saturated carbocycles. The third kappa shape index (κ3) is 43.7. The van der Waals surface area contributed by atoms with Gasteiger partial charge in [-0.15, -0.1) is 0 Å². The molecule has 12 N–H and O–H groups in total.